The van der Waals surface area contributed by atoms with Gasteiger partial charge < -0.3 is 5.32 Å². The summed E-state index contributed by atoms with van der Waals surface area (Å²) in [6.07, 6.45) is 0. The number of nitrogens with two attached hydrogens (primary N) is 1. The lowest BCUT2D eigenvalue weighted by molar-refractivity contribution is -0.117. The number of benzene rings is 1. The number of rotatable bonds is 3. The molecule has 4 N–H and O–H groups in total. The largest absolute Gasteiger partial charge is 0.325 e. The summed E-state index contributed by atoms with van der Waals surface area (Å²) in [5.74, 6) is 1.28. The van der Waals surface area contributed by atoms with Crippen LogP contribution in [0.25, 0.3) is 0 Å². The van der Waals surface area contributed by atoms with E-state index in [1.807, 2.05) is 0 Å². The number of nitrogens with one attached hydrogen (secondary N) is 2. The highest BCUT2D eigenvalue weighted by atomic mass is 32.2. The average Bonchev–Trinajstić information content (AvgIpc) is 2.83. The summed E-state index contributed by atoms with van der Waals surface area (Å²) >= 11 is 1.64. The first-order valence-electron chi connectivity index (χ1n) is 5.63. The molecule has 6 nitrogen and oxygen atoms in total. The van der Waals surface area contributed by atoms with Crippen molar-refractivity contribution in [2.45, 2.75) is 17.9 Å². The molecule has 1 aromatic carbocycles. The fourth-order valence-electron chi connectivity index (χ4n) is 1.78. The number of carbonyl (C=O) groups excluding carboxylic acids is 1. The second-order valence-electron chi connectivity index (χ2n) is 4.29. The zero-order chi connectivity index (χ0) is 14.0. The molecule has 1 aliphatic heterocycles. The van der Waals surface area contributed by atoms with Gasteiger partial charge in [0.2, 0.25) is 15.9 Å². The third-order valence-electron chi connectivity index (χ3n) is 2.80. The van der Waals surface area contributed by atoms with E-state index in [-0.39, 0.29) is 16.8 Å². The lowest BCUT2D eigenvalue weighted by Gasteiger charge is -2.12. The van der Waals surface area contributed by atoms with Gasteiger partial charge in [-0.15, -0.1) is 11.8 Å². The SMILES string of the molecule is Cc1ccc(NC(=O)C2CSCN2)cc1S(N)(=O)=O. The van der Waals surface area contributed by atoms with Crippen LogP contribution in [0.1, 0.15) is 5.56 Å². The first kappa shape index (κ1) is 14.3. The molecular formula is C11H15N3O3S2. The molecule has 1 unspecified atom stereocenters. The maximum Gasteiger partial charge on any atom is 0.242 e. The van der Waals surface area contributed by atoms with Gasteiger partial charge in [-0.3, -0.25) is 10.1 Å². The van der Waals surface area contributed by atoms with Gasteiger partial charge in [0, 0.05) is 17.3 Å². The number of hydrogen-bond acceptors (Lipinski definition) is 5. The van der Waals surface area contributed by atoms with E-state index in [4.69, 9.17) is 5.14 Å². The average molecular weight is 301 g/mol. The standard InChI is InChI=1S/C11H15N3O3S2/c1-7-2-3-8(4-10(7)19(12,16)17)14-11(15)9-5-18-6-13-9/h2-4,9,13H,5-6H2,1H3,(H,14,15)(H2,12,16,17). The Morgan fingerprint density at radius 1 is 1.53 bits per heavy atom. The number of hydrogen-bond donors (Lipinski definition) is 3. The van der Waals surface area contributed by atoms with Crippen LogP contribution in [0, 0.1) is 6.92 Å². The Bertz CT molecular complexity index is 595. The highest BCUT2D eigenvalue weighted by molar-refractivity contribution is 7.99. The molecule has 1 amide bonds. The van der Waals surface area contributed by atoms with E-state index >= 15 is 0 Å². The Kier molecular flexibility index (Phi) is 4.14. The number of primary sulfonamides is 1. The number of thioether (sulfide) groups is 1. The number of aryl methyl sites for hydroxylation is 1. The monoisotopic (exact) mass is 301 g/mol. The van der Waals surface area contributed by atoms with Crippen molar-refractivity contribution in [2.24, 2.45) is 5.14 Å². The van der Waals surface area contributed by atoms with Crippen molar-refractivity contribution in [2.75, 3.05) is 16.9 Å². The van der Waals surface area contributed by atoms with Gasteiger partial charge in [0.15, 0.2) is 0 Å². The maximum absolute atomic E-state index is 11.9. The third kappa shape index (κ3) is 3.47. The highest BCUT2D eigenvalue weighted by Crippen LogP contribution is 2.20. The van der Waals surface area contributed by atoms with Crippen LogP contribution in [-0.4, -0.2) is 32.0 Å². The Labute approximate surface area is 116 Å². The van der Waals surface area contributed by atoms with Crippen molar-refractivity contribution >= 4 is 33.4 Å². The number of amides is 1. The predicted molar refractivity (Wildman–Crippen MR) is 75.4 cm³/mol. The normalized spacial score (nSPS) is 19.4. The summed E-state index contributed by atoms with van der Waals surface area (Å²) < 4.78 is 22.8. The molecule has 0 spiro atoms. The summed E-state index contributed by atoms with van der Waals surface area (Å²) in [6.45, 7) is 1.65. The van der Waals surface area contributed by atoms with Crippen molar-refractivity contribution in [1.82, 2.24) is 5.32 Å². The number of anilines is 1. The van der Waals surface area contributed by atoms with Gasteiger partial charge in [-0.05, 0) is 24.6 Å². The van der Waals surface area contributed by atoms with Crippen LogP contribution in [0.15, 0.2) is 23.1 Å². The van der Waals surface area contributed by atoms with E-state index in [9.17, 15) is 13.2 Å². The molecule has 1 saturated heterocycles. The molecule has 0 aromatic heterocycles. The quantitative estimate of drug-likeness (QED) is 0.742. The zero-order valence-electron chi connectivity index (χ0n) is 10.3. The van der Waals surface area contributed by atoms with Crippen molar-refractivity contribution < 1.29 is 13.2 Å². The van der Waals surface area contributed by atoms with Gasteiger partial charge >= 0.3 is 0 Å². The molecule has 1 aliphatic rings. The Morgan fingerprint density at radius 3 is 2.84 bits per heavy atom. The third-order valence-corrected chi connectivity index (χ3v) is 4.79. The molecule has 104 valence electrons. The first-order valence-corrected chi connectivity index (χ1v) is 8.33. The van der Waals surface area contributed by atoms with E-state index in [2.05, 4.69) is 10.6 Å². The summed E-state index contributed by atoms with van der Waals surface area (Å²) in [4.78, 5) is 11.9. The molecule has 1 heterocycles. The molecule has 0 saturated carbocycles. The Balaban J connectivity index is 2.19. The van der Waals surface area contributed by atoms with E-state index in [0.29, 0.717) is 17.0 Å². The second kappa shape index (κ2) is 5.49. The number of sulfonamides is 1. The minimum absolute atomic E-state index is 0.0269. The van der Waals surface area contributed by atoms with Crippen LogP contribution >= 0.6 is 11.8 Å². The topological polar surface area (TPSA) is 101 Å². The molecule has 1 fully saturated rings. The lowest BCUT2D eigenvalue weighted by atomic mass is 10.2. The van der Waals surface area contributed by atoms with Crippen LogP contribution in [0.3, 0.4) is 0 Å². The van der Waals surface area contributed by atoms with E-state index in [0.717, 1.165) is 5.88 Å². The van der Waals surface area contributed by atoms with Crippen LogP contribution in [0.2, 0.25) is 0 Å². The predicted octanol–water partition coefficient (Wildman–Crippen LogP) is 0.243. The van der Waals surface area contributed by atoms with Crippen molar-refractivity contribution in [1.29, 1.82) is 0 Å². The summed E-state index contributed by atoms with van der Waals surface area (Å²) in [5.41, 5.74) is 0.980. The van der Waals surface area contributed by atoms with Gasteiger partial charge in [0.1, 0.15) is 0 Å². The van der Waals surface area contributed by atoms with Gasteiger partial charge in [0.05, 0.1) is 10.9 Å². The summed E-state index contributed by atoms with van der Waals surface area (Å²) in [6, 6.07) is 4.41. The van der Waals surface area contributed by atoms with Crippen molar-refractivity contribution in [3.8, 4) is 0 Å². The van der Waals surface area contributed by atoms with E-state index in [1.165, 1.54) is 6.07 Å². The molecular weight excluding hydrogens is 286 g/mol. The zero-order valence-corrected chi connectivity index (χ0v) is 12.0. The first-order chi connectivity index (χ1) is 8.88. The molecule has 0 radical (unpaired) electrons. The van der Waals surface area contributed by atoms with Gasteiger partial charge in [-0.1, -0.05) is 6.07 Å². The van der Waals surface area contributed by atoms with Crippen LogP contribution in [-0.2, 0) is 14.8 Å². The molecule has 0 aliphatic carbocycles. The maximum atomic E-state index is 11.9. The van der Waals surface area contributed by atoms with Crippen molar-refractivity contribution in [3.63, 3.8) is 0 Å². The molecule has 1 aromatic rings. The minimum atomic E-state index is -3.78. The number of carbonyl (C=O) groups is 1. The van der Waals surface area contributed by atoms with Gasteiger partial charge in [0.25, 0.3) is 0 Å². The molecule has 8 heteroatoms. The molecule has 0 bridgehead atoms. The van der Waals surface area contributed by atoms with Crippen molar-refractivity contribution in [3.05, 3.63) is 23.8 Å². The smallest absolute Gasteiger partial charge is 0.242 e. The van der Waals surface area contributed by atoms with Gasteiger partial charge in [-0.2, -0.15) is 0 Å². The Morgan fingerprint density at radius 2 is 2.26 bits per heavy atom. The second-order valence-corrected chi connectivity index (χ2v) is 6.85. The summed E-state index contributed by atoms with van der Waals surface area (Å²) in [5, 5.41) is 10.9. The fourth-order valence-corrected chi connectivity index (χ4v) is 3.53. The molecule has 2 rings (SSSR count). The van der Waals surface area contributed by atoms with Crippen LogP contribution in [0.4, 0.5) is 5.69 Å². The van der Waals surface area contributed by atoms with E-state index in [1.54, 1.807) is 30.8 Å². The molecule has 19 heavy (non-hydrogen) atoms. The fraction of sp³-hybridized carbons (Fsp3) is 0.364. The van der Waals surface area contributed by atoms with E-state index < -0.39 is 10.0 Å². The summed E-state index contributed by atoms with van der Waals surface area (Å²) in [7, 11) is -3.78. The minimum Gasteiger partial charge on any atom is -0.325 e. The van der Waals surface area contributed by atoms with Crippen LogP contribution < -0.4 is 15.8 Å². The molecule has 1 atom stereocenters. The van der Waals surface area contributed by atoms with Crippen LogP contribution in [0.5, 0.6) is 0 Å². The van der Waals surface area contributed by atoms with Gasteiger partial charge in [-0.25, -0.2) is 13.6 Å². The highest BCUT2D eigenvalue weighted by Gasteiger charge is 2.23. The Hall–Kier alpha value is -1.09. The lowest BCUT2D eigenvalue weighted by Crippen LogP contribution is -2.37.